The van der Waals surface area contributed by atoms with E-state index < -0.39 is 0 Å². The molecule has 5 nitrogen and oxygen atoms in total. The SMILES string of the molecule is NNC(c1csnn1)C1CCOC2(CCSC2)C1. The van der Waals surface area contributed by atoms with Crippen molar-refractivity contribution in [3.63, 3.8) is 0 Å². The number of aromatic nitrogens is 2. The third-order valence-electron chi connectivity index (χ3n) is 3.94. The van der Waals surface area contributed by atoms with Crippen molar-refractivity contribution in [3.05, 3.63) is 11.1 Å². The first-order valence-corrected chi connectivity index (χ1v) is 8.27. The van der Waals surface area contributed by atoms with Crippen molar-refractivity contribution in [2.75, 3.05) is 18.1 Å². The second-order valence-corrected chi connectivity index (χ2v) is 6.78. The van der Waals surface area contributed by atoms with Crippen molar-refractivity contribution in [1.82, 2.24) is 15.0 Å². The Bertz CT molecular complexity index is 380. The van der Waals surface area contributed by atoms with E-state index in [0.29, 0.717) is 5.92 Å². The monoisotopic (exact) mass is 286 g/mol. The van der Waals surface area contributed by atoms with E-state index in [0.717, 1.165) is 30.9 Å². The van der Waals surface area contributed by atoms with Crippen LogP contribution in [0.5, 0.6) is 0 Å². The van der Waals surface area contributed by atoms with Gasteiger partial charge in [0, 0.05) is 17.7 Å². The summed E-state index contributed by atoms with van der Waals surface area (Å²) in [5, 5.41) is 6.14. The molecule has 2 saturated heterocycles. The largest absolute Gasteiger partial charge is 0.374 e. The van der Waals surface area contributed by atoms with Gasteiger partial charge in [-0.05, 0) is 42.5 Å². The Morgan fingerprint density at radius 1 is 1.61 bits per heavy atom. The molecule has 2 aliphatic heterocycles. The summed E-state index contributed by atoms with van der Waals surface area (Å²) in [6, 6.07) is 0.107. The number of ether oxygens (including phenoxy) is 1. The lowest BCUT2D eigenvalue weighted by molar-refractivity contribution is -0.0856. The Labute approximate surface area is 115 Å². The third kappa shape index (κ3) is 2.42. The Kier molecular flexibility index (Phi) is 3.86. The number of nitrogens with zero attached hydrogens (tertiary/aromatic N) is 2. The second-order valence-electron chi connectivity index (χ2n) is 5.06. The predicted molar refractivity (Wildman–Crippen MR) is 73.3 cm³/mol. The lowest BCUT2D eigenvalue weighted by atomic mass is 9.80. The molecule has 3 unspecified atom stereocenters. The zero-order valence-electron chi connectivity index (χ0n) is 10.2. The average molecular weight is 286 g/mol. The summed E-state index contributed by atoms with van der Waals surface area (Å²) in [5.41, 5.74) is 3.98. The Morgan fingerprint density at radius 2 is 2.56 bits per heavy atom. The summed E-state index contributed by atoms with van der Waals surface area (Å²) in [6.07, 6.45) is 3.28. The number of hydrogen-bond donors (Lipinski definition) is 2. The summed E-state index contributed by atoms with van der Waals surface area (Å²) in [4.78, 5) is 0. The van der Waals surface area contributed by atoms with Crippen molar-refractivity contribution < 1.29 is 4.74 Å². The van der Waals surface area contributed by atoms with E-state index in [-0.39, 0.29) is 11.6 Å². The maximum Gasteiger partial charge on any atom is 0.0941 e. The highest BCUT2D eigenvalue weighted by Gasteiger charge is 2.43. The van der Waals surface area contributed by atoms with E-state index >= 15 is 0 Å². The van der Waals surface area contributed by atoms with Crippen LogP contribution in [0.3, 0.4) is 0 Å². The molecule has 3 heterocycles. The molecule has 1 aromatic rings. The minimum atomic E-state index is 0.0894. The van der Waals surface area contributed by atoms with Crippen LogP contribution in [0, 0.1) is 5.92 Å². The fourth-order valence-electron chi connectivity index (χ4n) is 2.98. The van der Waals surface area contributed by atoms with Gasteiger partial charge in [0.1, 0.15) is 0 Å². The number of hydrogen-bond acceptors (Lipinski definition) is 7. The van der Waals surface area contributed by atoms with Gasteiger partial charge < -0.3 is 4.74 Å². The normalized spacial score (nSPS) is 33.9. The van der Waals surface area contributed by atoms with Gasteiger partial charge in [0.25, 0.3) is 0 Å². The molecule has 0 bridgehead atoms. The topological polar surface area (TPSA) is 73.1 Å². The van der Waals surface area contributed by atoms with Gasteiger partial charge in [-0.15, -0.1) is 5.10 Å². The zero-order valence-corrected chi connectivity index (χ0v) is 11.8. The summed E-state index contributed by atoms with van der Waals surface area (Å²) < 4.78 is 9.98. The number of hydrazine groups is 1. The number of thioether (sulfide) groups is 1. The van der Waals surface area contributed by atoms with Crippen LogP contribution >= 0.6 is 23.3 Å². The number of nitrogens with two attached hydrogens (primary N) is 1. The van der Waals surface area contributed by atoms with Crippen LogP contribution in [0.15, 0.2) is 5.38 Å². The van der Waals surface area contributed by atoms with Crippen LogP contribution in [-0.4, -0.2) is 33.3 Å². The summed E-state index contributed by atoms with van der Waals surface area (Å²) in [5.74, 6) is 8.55. The Hall–Kier alpha value is -0.210. The van der Waals surface area contributed by atoms with Gasteiger partial charge in [-0.2, -0.15) is 11.8 Å². The second kappa shape index (κ2) is 5.42. The number of nitrogens with one attached hydrogen (secondary N) is 1. The molecule has 1 aromatic heterocycles. The van der Waals surface area contributed by atoms with E-state index in [1.807, 2.05) is 17.1 Å². The molecular formula is C11H18N4OS2. The lowest BCUT2D eigenvalue weighted by Gasteiger charge is -2.40. The van der Waals surface area contributed by atoms with Crippen molar-refractivity contribution in [2.45, 2.75) is 30.9 Å². The van der Waals surface area contributed by atoms with Crippen LogP contribution in [0.4, 0.5) is 0 Å². The molecule has 0 aromatic carbocycles. The van der Waals surface area contributed by atoms with Crippen molar-refractivity contribution in [2.24, 2.45) is 11.8 Å². The standard InChI is InChI=1S/C11H18N4OS2/c12-13-10(9-6-18-15-14-9)8-1-3-16-11(5-8)2-4-17-7-11/h6,8,10,13H,1-5,7,12H2. The number of rotatable bonds is 3. The van der Waals surface area contributed by atoms with Gasteiger partial charge in [-0.3, -0.25) is 11.3 Å². The van der Waals surface area contributed by atoms with Gasteiger partial charge >= 0.3 is 0 Å². The van der Waals surface area contributed by atoms with Crippen molar-refractivity contribution >= 4 is 23.3 Å². The molecule has 18 heavy (non-hydrogen) atoms. The van der Waals surface area contributed by atoms with Crippen LogP contribution < -0.4 is 11.3 Å². The van der Waals surface area contributed by atoms with Crippen molar-refractivity contribution in [1.29, 1.82) is 0 Å². The van der Waals surface area contributed by atoms with Crippen LogP contribution in [-0.2, 0) is 4.74 Å². The highest BCUT2D eigenvalue weighted by atomic mass is 32.2. The highest BCUT2D eigenvalue weighted by Crippen LogP contribution is 2.43. The van der Waals surface area contributed by atoms with Gasteiger partial charge in [-0.25, -0.2) is 0 Å². The third-order valence-corrected chi connectivity index (χ3v) is 5.69. The molecule has 3 atom stereocenters. The summed E-state index contributed by atoms with van der Waals surface area (Å²) in [6.45, 7) is 0.834. The van der Waals surface area contributed by atoms with E-state index in [1.165, 1.54) is 23.7 Å². The van der Waals surface area contributed by atoms with Gasteiger partial charge in [-0.1, -0.05) is 4.49 Å². The van der Waals surface area contributed by atoms with E-state index in [1.54, 1.807) is 0 Å². The molecule has 0 saturated carbocycles. The quantitative estimate of drug-likeness (QED) is 0.645. The smallest absolute Gasteiger partial charge is 0.0941 e. The van der Waals surface area contributed by atoms with Crippen LogP contribution in [0.1, 0.15) is 31.0 Å². The van der Waals surface area contributed by atoms with Gasteiger partial charge in [0.2, 0.25) is 0 Å². The molecule has 2 fully saturated rings. The fourth-order valence-corrected chi connectivity index (χ4v) is 4.85. The first-order valence-electron chi connectivity index (χ1n) is 6.28. The molecule has 0 radical (unpaired) electrons. The first-order chi connectivity index (χ1) is 8.83. The predicted octanol–water partition coefficient (Wildman–Crippen LogP) is 1.34. The average Bonchev–Trinajstić information content (AvgIpc) is 3.03. The molecular weight excluding hydrogens is 268 g/mol. The Morgan fingerprint density at radius 3 is 3.22 bits per heavy atom. The molecule has 0 amide bonds. The van der Waals surface area contributed by atoms with E-state index in [9.17, 15) is 0 Å². The minimum absolute atomic E-state index is 0.0894. The molecule has 7 heteroatoms. The van der Waals surface area contributed by atoms with E-state index in [2.05, 4.69) is 15.0 Å². The molecule has 0 aliphatic carbocycles. The first kappa shape index (κ1) is 12.8. The fraction of sp³-hybridized carbons (Fsp3) is 0.818. The highest BCUT2D eigenvalue weighted by molar-refractivity contribution is 7.99. The maximum atomic E-state index is 6.05. The molecule has 100 valence electrons. The zero-order chi connectivity index (χ0) is 12.4. The van der Waals surface area contributed by atoms with Crippen LogP contribution in [0.2, 0.25) is 0 Å². The van der Waals surface area contributed by atoms with Crippen LogP contribution in [0.25, 0.3) is 0 Å². The van der Waals surface area contributed by atoms with Gasteiger partial charge in [0.05, 0.1) is 17.3 Å². The molecule has 3 N–H and O–H groups in total. The Balaban J connectivity index is 1.74. The van der Waals surface area contributed by atoms with E-state index in [4.69, 9.17) is 10.6 Å². The minimum Gasteiger partial charge on any atom is -0.374 e. The summed E-state index contributed by atoms with van der Waals surface area (Å²) in [7, 11) is 0. The lowest BCUT2D eigenvalue weighted by Crippen LogP contribution is -2.45. The molecule has 3 rings (SSSR count). The van der Waals surface area contributed by atoms with Crippen molar-refractivity contribution in [3.8, 4) is 0 Å². The molecule has 1 spiro atoms. The summed E-state index contributed by atoms with van der Waals surface area (Å²) >= 11 is 3.37. The van der Waals surface area contributed by atoms with Gasteiger partial charge in [0.15, 0.2) is 0 Å². The molecule has 2 aliphatic rings. The maximum absolute atomic E-state index is 6.05.